The topological polar surface area (TPSA) is 79.3 Å². The highest BCUT2D eigenvalue weighted by Crippen LogP contribution is 2.33. The van der Waals surface area contributed by atoms with Gasteiger partial charge in [0.15, 0.2) is 0 Å². The molecule has 5 nitrogen and oxygen atoms in total. The summed E-state index contributed by atoms with van der Waals surface area (Å²) in [5.74, 6) is -1.59. The number of carbonyl (C=O) groups is 2. The van der Waals surface area contributed by atoms with E-state index in [0.29, 0.717) is 0 Å². The fourth-order valence-electron chi connectivity index (χ4n) is 1.62. The van der Waals surface area contributed by atoms with Gasteiger partial charge in [0.25, 0.3) is 5.91 Å². The van der Waals surface area contributed by atoms with Crippen LogP contribution in [-0.2, 0) is 4.79 Å². The molecule has 0 spiro atoms. The van der Waals surface area contributed by atoms with Crippen LogP contribution in [0.2, 0.25) is 10.2 Å². The van der Waals surface area contributed by atoms with E-state index in [1.165, 1.54) is 12.3 Å². The molecule has 0 aromatic carbocycles. The summed E-state index contributed by atoms with van der Waals surface area (Å²) in [5.41, 5.74) is 0.128. The predicted molar refractivity (Wildman–Crippen MR) is 65.9 cm³/mol. The monoisotopic (exact) mass is 288 g/mol. The molecule has 7 heteroatoms. The molecule has 1 atom stereocenters. The number of aromatic nitrogens is 1. The number of nitrogens with zero attached hydrogens (tertiary/aromatic N) is 1. The van der Waals surface area contributed by atoms with Crippen LogP contribution in [0.3, 0.4) is 0 Å². The van der Waals surface area contributed by atoms with Crippen LogP contribution in [0.15, 0.2) is 12.3 Å². The number of hydrogen-bond acceptors (Lipinski definition) is 3. The SMILES string of the molecule is O=C(NC(C(=O)O)C1CC1)c1cc(Cl)ncc1Cl. The van der Waals surface area contributed by atoms with E-state index in [0.717, 1.165) is 12.8 Å². The van der Waals surface area contributed by atoms with Crippen LogP contribution in [-0.4, -0.2) is 28.0 Å². The molecular formula is C11H10Cl2N2O3. The molecule has 1 fully saturated rings. The zero-order valence-corrected chi connectivity index (χ0v) is 10.7. The molecule has 1 aromatic heterocycles. The summed E-state index contributed by atoms with van der Waals surface area (Å²) in [6.45, 7) is 0. The average molecular weight is 289 g/mol. The van der Waals surface area contributed by atoms with Gasteiger partial charge in [0, 0.05) is 6.20 Å². The Bertz CT molecular complexity index is 503. The minimum atomic E-state index is -1.04. The van der Waals surface area contributed by atoms with Gasteiger partial charge in [-0.25, -0.2) is 9.78 Å². The second-order valence-corrected chi connectivity index (χ2v) is 4.91. The molecule has 2 rings (SSSR count). The van der Waals surface area contributed by atoms with E-state index in [-0.39, 0.29) is 21.7 Å². The molecular weight excluding hydrogens is 279 g/mol. The van der Waals surface area contributed by atoms with Crippen molar-refractivity contribution < 1.29 is 14.7 Å². The first-order valence-electron chi connectivity index (χ1n) is 5.33. The highest BCUT2D eigenvalue weighted by Gasteiger charge is 2.37. The maximum Gasteiger partial charge on any atom is 0.326 e. The Labute approximate surface area is 113 Å². The number of nitrogens with one attached hydrogen (secondary N) is 1. The molecule has 96 valence electrons. The van der Waals surface area contributed by atoms with E-state index in [1.54, 1.807) is 0 Å². The number of carbonyl (C=O) groups excluding carboxylic acids is 1. The van der Waals surface area contributed by atoms with Gasteiger partial charge in [0.1, 0.15) is 11.2 Å². The number of rotatable bonds is 4. The lowest BCUT2D eigenvalue weighted by Gasteiger charge is -2.14. The van der Waals surface area contributed by atoms with E-state index < -0.39 is 17.9 Å². The van der Waals surface area contributed by atoms with Gasteiger partial charge >= 0.3 is 5.97 Å². The van der Waals surface area contributed by atoms with E-state index in [2.05, 4.69) is 10.3 Å². The number of halogens is 2. The van der Waals surface area contributed by atoms with Crippen LogP contribution in [0.4, 0.5) is 0 Å². The zero-order chi connectivity index (χ0) is 13.3. The maximum atomic E-state index is 11.9. The highest BCUT2D eigenvalue weighted by molar-refractivity contribution is 6.35. The maximum absolute atomic E-state index is 11.9. The first-order valence-corrected chi connectivity index (χ1v) is 6.09. The van der Waals surface area contributed by atoms with E-state index in [4.69, 9.17) is 28.3 Å². The molecule has 0 radical (unpaired) electrons. The Balaban J connectivity index is 2.15. The Morgan fingerprint density at radius 3 is 2.67 bits per heavy atom. The Morgan fingerprint density at radius 1 is 1.44 bits per heavy atom. The molecule has 1 unspecified atom stereocenters. The minimum Gasteiger partial charge on any atom is -0.480 e. The third-order valence-corrected chi connectivity index (χ3v) is 3.22. The molecule has 1 aromatic rings. The molecule has 1 saturated carbocycles. The summed E-state index contributed by atoms with van der Waals surface area (Å²) in [7, 11) is 0. The lowest BCUT2D eigenvalue weighted by molar-refractivity contribution is -0.139. The third-order valence-electron chi connectivity index (χ3n) is 2.71. The average Bonchev–Trinajstić information content (AvgIpc) is 3.12. The van der Waals surface area contributed by atoms with Crippen molar-refractivity contribution >= 4 is 35.1 Å². The number of aliphatic carboxylic acids is 1. The van der Waals surface area contributed by atoms with E-state index >= 15 is 0 Å². The van der Waals surface area contributed by atoms with Crippen molar-refractivity contribution in [1.82, 2.24) is 10.3 Å². The van der Waals surface area contributed by atoms with E-state index in [1.807, 2.05) is 0 Å². The van der Waals surface area contributed by atoms with E-state index in [9.17, 15) is 9.59 Å². The molecule has 1 heterocycles. The number of hydrogen-bond donors (Lipinski definition) is 2. The smallest absolute Gasteiger partial charge is 0.326 e. The number of amides is 1. The summed E-state index contributed by atoms with van der Waals surface area (Å²) in [4.78, 5) is 26.7. The number of pyridine rings is 1. The standard InChI is InChI=1S/C11H10Cl2N2O3/c12-7-4-14-8(13)3-6(7)10(16)15-9(11(17)18)5-1-2-5/h3-5,9H,1-2H2,(H,15,16)(H,17,18). The van der Waals surface area contributed by atoms with Gasteiger partial charge in [-0.2, -0.15) is 0 Å². The van der Waals surface area contributed by atoms with Gasteiger partial charge in [0.05, 0.1) is 10.6 Å². The Kier molecular flexibility index (Phi) is 3.73. The van der Waals surface area contributed by atoms with Crippen LogP contribution in [0.1, 0.15) is 23.2 Å². The zero-order valence-electron chi connectivity index (χ0n) is 9.19. The molecule has 18 heavy (non-hydrogen) atoms. The summed E-state index contributed by atoms with van der Waals surface area (Å²) in [6, 6.07) is 0.436. The fourth-order valence-corrected chi connectivity index (χ4v) is 1.96. The molecule has 0 saturated heterocycles. The Morgan fingerprint density at radius 2 is 2.11 bits per heavy atom. The minimum absolute atomic E-state index is 0.00235. The third kappa shape index (κ3) is 2.91. The van der Waals surface area contributed by atoms with Crippen LogP contribution in [0.25, 0.3) is 0 Å². The van der Waals surface area contributed by atoms with Crippen LogP contribution in [0.5, 0.6) is 0 Å². The summed E-state index contributed by atoms with van der Waals surface area (Å²) < 4.78 is 0. The first-order chi connectivity index (χ1) is 8.49. The fraction of sp³-hybridized carbons (Fsp3) is 0.364. The van der Waals surface area contributed by atoms with Crippen molar-refractivity contribution in [2.45, 2.75) is 18.9 Å². The summed E-state index contributed by atoms with van der Waals surface area (Å²) >= 11 is 11.5. The molecule has 1 aliphatic rings. The van der Waals surface area contributed by atoms with Gasteiger partial charge in [-0.3, -0.25) is 4.79 Å². The van der Waals surface area contributed by atoms with Gasteiger partial charge in [-0.05, 0) is 24.8 Å². The van der Waals surface area contributed by atoms with Gasteiger partial charge in [0.2, 0.25) is 0 Å². The van der Waals surface area contributed by atoms with Crippen molar-refractivity contribution in [3.05, 3.63) is 28.0 Å². The van der Waals surface area contributed by atoms with Gasteiger partial charge < -0.3 is 10.4 Å². The van der Waals surface area contributed by atoms with Crippen molar-refractivity contribution in [2.24, 2.45) is 5.92 Å². The second-order valence-electron chi connectivity index (χ2n) is 4.11. The summed E-state index contributed by atoms with van der Waals surface area (Å²) in [6.07, 6.45) is 2.87. The van der Waals surface area contributed by atoms with Crippen molar-refractivity contribution in [2.75, 3.05) is 0 Å². The molecule has 0 bridgehead atoms. The second kappa shape index (κ2) is 5.12. The Hall–Kier alpha value is -1.33. The number of carboxylic acid groups (broad SMARTS) is 1. The van der Waals surface area contributed by atoms with Gasteiger partial charge in [-0.1, -0.05) is 23.2 Å². The molecule has 1 amide bonds. The lowest BCUT2D eigenvalue weighted by Crippen LogP contribution is -2.42. The van der Waals surface area contributed by atoms with Crippen LogP contribution >= 0.6 is 23.2 Å². The quantitative estimate of drug-likeness (QED) is 0.831. The first kappa shape index (κ1) is 13.1. The van der Waals surface area contributed by atoms with Gasteiger partial charge in [-0.15, -0.1) is 0 Å². The number of carboxylic acids is 1. The normalized spacial score (nSPS) is 16.1. The molecule has 0 aliphatic heterocycles. The van der Waals surface area contributed by atoms with Crippen LogP contribution < -0.4 is 5.32 Å². The van der Waals surface area contributed by atoms with Crippen molar-refractivity contribution in [3.63, 3.8) is 0 Å². The summed E-state index contributed by atoms with van der Waals surface area (Å²) in [5, 5.41) is 11.7. The largest absolute Gasteiger partial charge is 0.480 e. The highest BCUT2D eigenvalue weighted by atomic mass is 35.5. The van der Waals surface area contributed by atoms with Crippen molar-refractivity contribution in [3.8, 4) is 0 Å². The van der Waals surface area contributed by atoms with Crippen molar-refractivity contribution in [1.29, 1.82) is 0 Å². The molecule has 1 aliphatic carbocycles. The van der Waals surface area contributed by atoms with Crippen LogP contribution in [0, 0.1) is 5.92 Å². The molecule has 2 N–H and O–H groups in total. The predicted octanol–water partition coefficient (Wildman–Crippen LogP) is 1.98. The lowest BCUT2D eigenvalue weighted by atomic mass is 10.1.